The molecule has 8 heteroatoms. The maximum atomic E-state index is 12.6. The first-order valence-corrected chi connectivity index (χ1v) is 8.72. The Hall–Kier alpha value is -2.06. The molecular formula is C15H14BrNO5S. The first kappa shape index (κ1) is 17.3. The van der Waals surface area contributed by atoms with Crippen LogP contribution in [0.4, 0.5) is 5.69 Å². The van der Waals surface area contributed by atoms with Gasteiger partial charge in [0, 0.05) is 4.47 Å². The predicted molar refractivity (Wildman–Crippen MR) is 89.6 cm³/mol. The quantitative estimate of drug-likeness (QED) is 0.804. The largest absolute Gasteiger partial charge is 0.495 e. The highest BCUT2D eigenvalue weighted by Crippen LogP contribution is 2.30. The number of carboxylic acid groups (broad SMARTS) is 1. The minimum absolute atomic E-state index is 0.0609. The van der Waals surface area contributed by atoms with Crippen LogP contribution in [0.1, 0.15) is 15.9 Å². The van der Waals surface area contributed by atoms with Crippen molar-refractivity contribution in [1.29, 1.82) is 0 Å². The van der Waals surface area contributed by atoms with E-state index in [1.807, 2.05) is 6.92 Å². The average Bonchev–Trinajstić information content (AvgIpc) is 2.49. The molecule has 0 atom stereocenters. The Morgan fingerprint density at radius 2 is 1.91 bits per heavy atom. The standard InChI is InChI=1S/C15H14BrNO5S/c1-9-3-5-12(11(16)7-9)17-23(20,21)14-8-10(15(18)19)4-6-13(14)22-2/h3-8,17H,1-2H3,(H,18,19). The van der Waals surface area contributed by atoms with Crippen molar-refractivity contribution in [3.8, 4) is 5.75 Å². The molecule has 2 aromatic carbocycles. The van der Waals surface area contributed by atoms with Gasteiger partial charge in [-0.2, -0.15) is 0 Å². The Bertz CT molecular complexity index is 864. The number of sulfonamides is 1. The fourth-order valence-corrected chi connectivity index (χ4v) is 3.92. The van der Waals surface area contributed by atoms with Gasteiger partial charge in [-0.1, -0.05) is 6.07 Å². The lowest BCUT2D eigenvalue weighted by atomic mass is 10.2. The molecule has 0 radical (unpaired) electrons. The van der Waals surface area contributed by atoms with Crippen LogP contribution in [0, 0.1) is 6.92 Å². The second-order valence-electron chi connectivity index (χ2n) is 4.76. The van der Waals surface area contributed by atoms with E-state index in [2.05, 4.69) is 20.7 Å². The normalized spacial score (nSPS) is 11.1. The van der Waals surface area contributed by atoms with Gasteiger partial charge in [-0.3, -0.25) is 4.72 Å². The van der Waals surface area contributed by atoms with Crippen LogP contribution >= 0.6 is 15.9 Å². The van der Waals surface area contributed by atoms with Crippen molar-refractivity contribution < 1.29 is 23.1 Å². The zero-order valence-electron chi connectivity index (χ0n) is 12.3. The lowest BCUT2D eigenvalue weighted by molar-refractivity contribution is 0.0696. The van der Waals surface area contributed by atoms with E-state index in [-0.39, 0.29) is 16.2 Å². The summed E-state index contributed by atoms with van der Waals surface area (Å²) in [5, 5.41) is 9.04. The number of carboxylic acids is 1. The molecule has 0 amide bonds. The van der Waals surface area contributed by atoms with Crippen molar-refractivity contribution in [2.24, 2.45) is 0 Å². The van der Waals surface area contributed by atoms with E-state index in [0.717, 1.165) is 11.6 Å². The number of hydrogen-bond acceptors (Lipinski definition) is 4. The first-order chi connectivity index (χ1) is 10.7. The van der Waals surface area contributed by atoms with Crippen LogP contribution in [0.3, 0.4) is 0 Å². The fourth-order valence-electron chi connectivity index (χ4n) is 1.92. The number of anilines is 1. The second kappa shape index (κ2) is 6.59. The summed E-state index contributed by atoms with van der Waals surface area (Å²) in [5.74, 6) is -1.16. The van der Waals surface area contributed by atoms with Crippen LogP contribution in [0.25, 0.3) is 0 Å². The maximum Gasteiger partial charge on any atom is 0.335 e. The maximum absolute atomic E-state index is 12.6. The van der Waals surface area contributed by atoms with Gasteiger partial charge in [0.15, 0.2) is 0 Å². The van der Waals surface area contributed by atoms with Gasteiger partial charge in [-0.15, -0.1) is 0 Å². The Morgan fingerprint density at radius 1 is 1.22 bits per heavy atom. The Labute approximate surface area is 142 Å². The zero-order chi connectivity index (χ0) is 17.2. The number of methoxy groups -OCH3 is 1. The van der Waals surface area contributed by atoms with Gasteiger partial charge < -0.3 is 9.84 Å². The Balaban J connectivity index is 2.50. The van der Waals surface area contributed by atoms with Crippen molar-refractivity contribution in [2.75, 3.05) is 11.8 Å². The lowest BCUT2D eigenvalue weighted by Crippen LogP contribution is -2.15. The summed E-state index contributed by atoms with van der Waals surface area (Å²) < 4.78 is 33.2. The van der Waals surface area contributed by atoms with Crippen LogP contribution < -0.4 is 9.46 Å². The molecule has 0 heterocycles. The first-order valence-electron chi connectivity index (χ1n) is 6.45. The van der Waals surface area contributed by atoms with E-state index in [1.54, 1.807) is 18.2 Å². The number of carbonyl (C=O) groups is 1. The molecule has 0 aliphatic carbocycles. The van der Waals surface area contributed by atoms with Crippen LogP contribution in [-0.2, 0) is 10.0 Å². The van der Waals surface area contributed by atoms with E-state index in [1.165, 1.54) is 19.2 Å². The van der Waals surface area contributed by atoms with Crippen molar-refractivity contribution in [3.05, 3.63) is 52.0 Å². The second-order valence-corrected chi connectivity index (χ2v) is 7.26. The summed E-state index contributed by atoms with van der Waals surface area (Å²) in [6.45, 7) is 1.88. The number of halogens is 1. The number of benzene rings is 2. The smallest absolute Gasteiger partial charge is 0.335 e. The molecule has 2 rings (SSSR count). The number of ether oxygens (including phenoxy) is 1. The molecular weight excluding hydrogens is 386 g/mol. The summed E-state index contributed by atoms with van der Waals surface area (Å²) in [7, 11) is -2.70. The third-order valence-corrected chi connectivity index (χ3v) is 5.11. The highest BCUT2D eigenvalue weighted by Gasteiger charge is 2.22. The van der Waals surface area contributed by atoms with Crippen molar-refractivity contribution in [2.45, 2.75) is 11.8 Å². The molecule has 23 heavy (non-hydrogen) atoms. The SMILES string of the molecule is COc1ccc(C(=O)O)cc1S(=O)(=O)Nc1ccc(C)cc1Br. The minimum atomic E-state index is -4.02. The predicted octanol–water partition coefficient (Wildman–Crippen LogP) is 3.27. The zero-order valence-corrected chi connectivity index (χ0v) is 14.7. The van der Waals surface area contributed by atoms with Crippen molar-refractivity contribution in [1.82, 2.24) is 0 Å². The highest BCUT2D eigenvalue weighted by molar-refractivity contribution is 9.10. The summed E-state index contributed by atoms with van der Waals surface area (Å²) >= 11 is 3.29. The van der Waals surface area contributed by atoms with Gasteiger partial charge in [-0.25, -0.2) is 13.2 Å². The van der Waals surface area contributed by atoms with Crippen molar-refractivity contribution in [3.63, 3.8) is 0 Å². The van der Waals surface area contributed by atoms with Gasteiger partial charge in [-0.05, 0) is 58.7 Å². The van der Waals surface area contributed by atoms with Crippen LogP contribution in [0.5, 0.6) is 5.75 Å². The van der Waals surface area contributed by atoms with E-state index in [9.17, 15) is 13.2 Å². The summed E-state index contributed by atoms with van der Waals surface area (Å²) in [5.41, 5.74) is 1.16. The molecule has 0 aromatic heterocycles. The van der Waals surface area contributed by atoms with Gasteiger partial charge in [0.05, 0.1) is 18.4 Å². The van der Waals surface area contributed by atoms with Crippen LogP contribution in [-0.4, -0.2) is 26.6 Å². The van der Waals surface area contributed by atoms with Gasteiger partial charge in [0.1, 0.15) is 10.6 Å². The van der Waals surface area contributed by atoms with Crippen LogP contribution in [0.2, 0.25) is 0 Å². The summed E-state index contributed by atoms with van der Waals surface area (Å²) in [6.07, 6.45) is 0. The summed E-state index contributed by atoms with van der Waals surface area (Å²) in [4.78, 5) is 10.8. The molecule has 2 aromatic rings. The molecule has 0 bridgehead atoms. The van der Waals surface area contributed by atoms with Gasteiger partial charge in [0.2, 0.25) is 0 Å². The van der Waals surface area contributed by atoms with E-state index in [4.69, 9.17) is 9.84 Å². The molecule has 0 fully saturated rings. The molecule has 122 valence electrons. The molecule has 0 saturated heterocycles. The van der Waals surface area contributed by atoms with Gasteiger partial charge in [0.25, 0.3) is 10.0 Å². The van der Waals surface area contributed by atoms with E-state index >= 15 is 0 Å². The number of hydrogen-bond donors (Lipinski definition) is 2. The number of rotatable bonds is 5. The topological polar surface area (TPSA) is 92.7 Å². The Kier molecular flexibility index (Phi) is 4.96. The third kappa shape index (κ3) is 3.83. The average molecular weight is 400 g/mol. The number of aromatic carboxylic acids is 1. The molecule has 0 aliphatic heterocycles. The minimum Gasteiger partial charge on any atom is -0.495 e. The van der Waals surface area contributed by atoms with E-state index < -0.39 is 16.0 Å². The summed E-state index contributed by atoms with van der Waals surface area (Å²) in [6, 6.07) is 8.79. The molecule has 0 unspecified atom stereocenters. The van der Waals surface area contributed by atoms with E-state index in [0.29, 0.717) is 10.2 Å². The molecule has 0 saturated carbocycles. The van der Waals surface area contributed by atoms with Crippen molar-refractivity contribution >= 4 is 37.6 Å². The molecule has 6 nitrogen and oxygen atoms in total. The number of aryl methyl sites for hydroxylation is 1. The Morgan fingerprint density at radius 3 is 2.48 bits per heavy atom. The molecule has 0 aliphatic rings. The number of nitrogens with one attached hydrogen (secondary N) is 1. The molecule has 2 N–H and O–H groups in total. The monoisotopic (exact) mass is 399 g/mol. The third-order valence-electron chi connectivity index (χ3n) is 3.07. The van der Waals surface area contributed by atoms with Crippen LogP contribution in [0.15, 0.2) is 45.8 Å². The fraction of sp³-hybridized carbons (Fsp3) is 0.133. The lowest BCUT2D eigenvalue weighted by Gasteiger charge is -2.13. The van der Waals surface area contributed by atoms with Gasteiger partial charge >= 0.3 is 5.97 Å². The molecule has 0 spiro atoms. The highest BCUT2D eigenvalue weighted by atomic mass is 79.9.